The molecule has 0 saturated carbocycles. The molecule has 3 N–H and O–H groups in total. The third-order valence-electron chi connectivity index (χ3n) is 2.12. The fourth-order valence-corrected chi connectivity index (χ4v) is 2.90. The van der Waals surface area contributed by atoms with Crippen LogP contribution >= 0.6 is 34.3 Å². The van der Waals surface area contributed by atoms with Crippen molar-refractivity contribution in [3.63, 3.8) is 0 Å². The van der Waals surface area contributed by atoms with Gasteiger partial charge in [-0.25, -0.2) is 4.98 Å². The predicted molar refractivity (Wildman–Crippen MR) is 71.7 cm³/mol. The minimum atomic E-state index is -0.227. The van der Waals surface area contributed by atoms with Gasteiger partial charge in [-0.2, -0.15) is 0 Å². The SMILES string of the molecule is CC(NC(=O)c1csc(N)n1)c1ccc(Cl)s1. The Labute approximate surface area is 111 Å². The molecule has 17 heavy (non-hydrogen) atoms. The van der Waals surface area contributed by atoms with E-state index in [1.54, 1.807) is 5.38 Å². The largest absolute Gasteiger partial charge is 0.375 e. The fourth-order valence-electron chi connectivity index (χ4n) is 1.29. The molecule has 2 heterocycles. The number of thiophene rings is 1. The lowest BCUT2D eigenvalue weighted by atomic mass is 10.2. The molecular formula is C10H10ClN3OS2. The summed E-state index contributed by atoms with van der Waals surface area (Å²) in [6.07, 6.45) is 0. The number of amides is 1. The lowest BCUT2D eigenvalue weighted by Crippen LogP contribution is -2.26. The number of hydrogen-bond acceptors (Lipinski definition) is 5. The number of carbonyl (C=O) groups is 1. The van der Waals surface area contributed by atoms with Crippen LogP contribution in [-0.2, 0) is 0 Å². The van der Waals surface area contributed by atoms with Crippen LogP contribution in [0, 0.1) is 0 Å². The number of nitrogen functional groups attached to an aromatic ring is 1. The normalized spacial score (nSPS) is 12.4. The highest BCUT2D eigenvalue weighted by molar-refractivity contribution is 7.16. The molecule has 1 unspecified atom stereocenters. The van der Waals surface area contributed by atoms with E-state index >= 15 is 0 Å². The average molecular weight is 288 g/mol. The standard InChI is InChI=1S/C10H10ClN3OS2/c1-5(7-2-3-8(11)17-7)13-9(15)6-4-16-10(12)14-6/h2-5H,1H3,(H2,12,14)(H,13,15). The number of rotatable bonds is 3. The molecule has 0 aliphatic heterocycles. The molecule has 4 nitrogen and oxygen atoms in total. The van der Waals surface area contributed by atoms with Gasteiger partial charge in [0.05, 0.1) is 10.4 Å². The van der Waals surface area contributed by atoms with E-state index in [1.807, 2.05) is 19.1 Å². The molecule has 7 heteroatoms. The monoisotopic (exact) mass is 287 g/mol. The van der Waals surface area contributed by atoms with Crippen molar-refractivity contribution in [3.8, 4) is 0 Å². The van der Waals surface area contributed by atoms with Crippen molar-refractivity contribution >= 4 is 45.3 Å². The number of nitrogens with zero attached hydrogens (tertiary/aromatic N) is 1. The van der Waals surface area contributed by atoms with Crippen LogP contribution in [0.4, 0.5) is 5.13 Å². The molecule has 2 rings (SSSR count). The van der Waals surface area contributed by atoms with Crippen molar-refractivity contribution in [1.29, 1.82) is 0 Å². The highest BCUT2D eigenvalue weighted by atomic mass is 35.5. The van der Waals surface area contributed by atoms with Crippen LogP contribution in [0.25, 0.3) is 0 Å². The molecule has 90 valence electrons. The maximum atomic E-state index is 11.8. The van der Waals surface area contributed by atoms with Gasteiger partial charge in [0.25, 0.3) is 5.91 Å². The van der Waals surface area contributed by atoms with Gasteiger partial charge in [-0.3, -0.25) is 4.79 Å². The van der Waals surface area contributed by atoms with Crippen LogP contribution in [-0.4, -0.2) is 10.9 Å². The van der Waals surface area contributed by atoms with E-state index in [-0.39, 0.29) is 11.9 Å². The smallest absolute Gasteiger partial charge is 0.271 e. The molecule has 0 fully saturated rings. The molecule has 0 radical (unpaired) electrons. The van der Waals surface area contributed by atoms with Crippen molar-refractivity contribution in [2.24, 2.45) is 0 Å². The van der Waals surface area contributed by atoms with Crippen LogP contribution in [0.2, 0.25) is 4.34 Å². The van der Waals surface area contributed by atoms with Gasteiger partial charge in [-0.15, -0.1) is 22.7 Å². The number of aromatic nitrogens is 1. The molecule has 2 aromatic heterocycles. The van der Waals surface area contributed by atoms with Crippen LogP contribution in [0.3, 0.4) is 0 Å². The second kappa shape index (κ2) is 5.03. The Morgan fingerprint density at radius 3 is 2.88 bits per heavy atom. The molecule has 1 atom stereocenters. The van der Waals surface area contributed by atoms with E-state index in [9.17, 15) is 4.79 Å². The van der Waals surface area contributed by atoms with Gasteiger partial charge in [0, 0.05) is 10.3 Å². The summed E-state index contributed by atoms with van der Waals surface area (Å²) in [6, 6.07) is 3.61. The van der Waals surface area contributed by atoms with Gasteiger partial charge in [0.1, 0.15) is 5.69 Å². The third-order valence-corrected chi connectivity index (χ3v) is 4.21. The quantitative estimate of drug-likeness (QED) is 0.912. The summed E-state index contributed by atoms with van der Waals surface area (Å²) in [5.41, 5.74) is 5.82. The van der Waals surface area contributed by atoms with E-state index in [4.69, 9.17) is 17.3 Å². The van der Waals surface area contributed by atoms with E-state index in [0.29, 0.717) is 15.2 Å². The van der Waals surface area contributed by atoms with Gasteiger partial charge in [-0.1, -0.05) is 11.6 Å². The van der Waals surface area contributed by atoms with Gasteiger partial charge >= 0.3 is 0 Å². The molecule has 0 aliphatic carbocycles. The average Bonchev–Trinajstić information content (AvgIpc) is 2.87. The highest BCUT2D eigenvalue weighted by Gasteiger charge is 2.15. The number of nitrogens with two attached hydrogens (primary N) is 1. The van der Waals surface area contributed by atoms with E-state index in [2.05, 4.69) is 10.3 Å². The predicted octanol–water partition coefficient (Wildman–Crippen LogP) is 2.93. The lowest BCUT2D eigenvalue weighted by Gasteiger charge is -2.10. The van der Waals surface area contributed by atoms with E-state index in [1.165, 1.54) is 22.7 Å². The second-order valence-electron chi connectivity index (χ2n) is 3.41. The summed E-state index contributed by atoms with van der Waals surface area (Å²) in [4.78, 5) is 16.7. The Morgan fingerprint density at radius 1 is 1.59 bits per heavy atom. The van der Waals surface area contributed by atoms with Crippen LogP contribution in [0.15, 0.2) is 17.5 Å². The van der Waals surface area contributed by atoms with Crippen LogP contribution < -0.4 is 11.1 Å². The summed E-state index contributed by atoms with van der Waals surface area (Å²) in [7, 11) is 0. The zero-order valence-corrected chi connectivity index (χ0v) is 11.3. The first-order valence-electron chi connectivity index (χ1n) is 4.83. The summed E-state index contributed by atoms with van der Waals surface area (Å²) in [5.74, 6) is -0.227. The molecule has 0 aliphatic rings. The van der Waals surface area contributed by atoms with Gasteiger partial charge < -0.3 is 11.1 Å². The van der Waals surface area contributed by atoms with Crippen molar-refractivity contribution in [2.45, 2.75) is 13.0 Å². The summed E-state index contributed by atoms with van der Waals surface area (Å²) < 4.78 is 0.707. The number of anilines is 1. The Bertz CT molecular complexity index is 537. The van der Waals surface area contributed by atoms with Crippen LogP contribution in [0.5, 0.6) is 0 Å². The van der Waals surface area contributed by atoms with Gasteiger partial charge in [0.2, 0.25) is 0 Å². The first-order chi connectivity index (χ1) is 8.06. The molecule has 0 saturated heterocycles. The molecule has 1 amide bonds. The van der Waals surface area contributed by atoms with E-state index < -0.39 is 0 Å². The lowest BCUT2D eigenvalue weighted by molar-refractivity contribution is 0.0936. The van der Waals surface area contributed by atoms with Crippen molar-refractivity contribution in [2.75, 3.05) is 5.73 Å². The third kappa shape index (κ3) is 2.96. The summed E-state index contributed by atoms with van der Waals surface area (Å²) >= 11 is 8.53. The minimum Gasteiger partial charge on any atom is -0.375 e. The Morgan fingerprint density at radius 2 is 2.35 bits per heavy atom. The van der Waals surface area contributed by atoms with Crippen molar-refractivity contribution in [1.82, 2.24) is 10.3 Å². The summed E-state index contributed by atoms with van der Waals surface area (Å²) in [5, 5.41) is 4.87. The van der Waals surface area contributed by atoms with Crippen LogP contribution in [0.1, 0.15) is 28.3 Å². The fraction of sp³-hybridized carbons (Fsp3) is 0.200. The molecule has 0 spiro atoms. The Balaban J connectivity index is 2.04. The second-order valence-corrected chi connectivity index (χ2v) is 6.04. The van der Waals surface area contributed by atoms with Gasteiger partial charge in [0.15, 0.2) is 5.13 Å². The highest BCUT2D eigenvalue weighted by Crippen LogP contribution is 2.26. The summed E-state index contributed by atoms with van der Waals surface area (Å²) in [6.45, 7) is 1.90. The number of carbonyl (C=O) groups excluding carboxylic acids is 1. The Kier molecular flexibility index (Phi) is 3.66. The maximum Gasteiger partial charge on any atom is 0.271 e. The number of thiazole rings is 1. The molecule has 0 aromatic carbocycles. The first-order valence-corrected chi connectivity index (χ1v) is 6.91. The number of halogens is 1. The van der Waals surface area contributed by atoms with Crippen molar-refractivity contribution < 1.29 is 4.79 Å². The first kappa shape index (κ1) is 12.3. The topological polar surface area (TPSA) is 68.0 Å². The molecule has 0 bridgehead atoms. The zero-order chi connectivity index (χ0) is 12.4. The van der Waals surface area contributed by atoms with Gasteiger partial charge in [-0.05, 0) is 19.1 Å². The van der Waals surface area contributed by atoms with Crippen molar-refractivity contribution in [3.05, 3.63) is 32.4 Å². The number of hydrogen-bond donors (Lipinski definition) is 2. The maximum absolute atomic E-state index is 11.8. The Hall–Kier alpha value is -1.11. The molecular weight excluding hydrogens is 278 g/mol. The number of nitrogens with one attached hydrogen (secondary N) is 1. The minimum absolute atomic E-state index is 0.0945. The van der Waals surface area contributed by atoms with E-state index in [0.717, 1.165) is 4.88 Å². The molecule has 2 aromatic rings. The zero-order valence-electron chi connectivity index (χ0n) is 8.94.